The molecule has 0 heterocycles. The van der Waals surface area contributed by atoms with Crippen molar-refractivity contribution in [3.8, 4) is 0 Å². The first-order chi connectivity index (χ1) is 38.5. The van der Waals surface area contributed by atoms with Crippen molar-refractivity contribution in [2.45, 2.75) is 341 Å². The van der Waals surface area contributed by atoms with Gasteiger partial charge in [0.25, 0.3) is 0 Å². The predicted octanol–water partition coefficient (Wildman–Crippen LogP) is 23.1. The molecule has 0 bridgehead atoms. The normalized spacial score (nSPS) is 12.6. The Balaban J connectivity index is 4.40. The van der Waals surface area contributed by atoms with Gasteiger partial charge in [0, 0.05) is 19.3 Å². The number of carbonyl (C=O) groups is 3. The molecule has 450 valence electrons. The summed E-state index contributed by atoms with van der Waals surface area (Å²) >= 11 is 0. The Hall–Kier alpha value is -3.41. The lowest BCUT2D eigenvalue weighted by Crippen LogP contribution is -2.30. The fraction of sp³-hybridized carbons (Fsp3) is 0.764. The molecule has 0 spiro atoms. The van der Waals surface area contributed by atoms with Crippen LogP contribution in [-0.2, 0) is 28.6 Å². The quantitative estimate of drug-likeness (QED) is 0.0261. The topological polar surface area (TPSA) is 78.9 Å². The highest BCUT2D eigenvalue weighted by Crippen LogP contribution is 2.17. The highest BCUT2D eigenvalue weighted by atomic mass is 16.6. The molecule has 6 heteroatoms. The lowest BCUT2D eigenvalue weighted by Gasteiger charge is -2.18. The summed E-state index contributed by atoms with van der Waals surface area (Å²) in [5.41, 5.74) is 0. The van der Waals surface area contributed by atoms with Gasteiger partial charge in [-0.15, -0.1) is 0 Å². The van der Waals surface area contributed by atoms with Crippen LogP contribution in [0, 0.1) is 0 Å². The van der Waals surface area contributed by atoms with Crippen LogP contribution in [0.4, 0.5) is 0 Å². The molecule has 0 aliphatic carbocycles. The molecule has 0 aromatic rings. The largest absolute Gasteiger partial charge is 0.462 e. The number of unbranched alkanes of at least 4 members (excludes halogenated alkanes) is 36. The van der Waals surface area contributed by atoms with Gasteiger partial charge in [-0.1, -0.05) is 305 Å². The molecule has 0 aliphatic rings. The van der Waals surface area contributed by atoms with Crippen molar-refractivity contribution in [2.24, 2.45) is 0 Å². The number of hydrogen-bond acceptors (Lipinski definition) is 6. The second-order valence-electron chi connectivity index (χ2n) is 22.4. The minimum Gasteiger partial charge on any atom is -0.462 e. The van der Waals surface area contributed by atoms with E-state index in [2.05, 4.69) is 106 Å². The average Bonchev–Trinajstić information content (AvgIpc) is 3.44. The van der Waals surface area contributed by atoms with Crippen LogP contribution in [0.3, 0.4) is 0 Å². The Labute approximate surface area is 484 Å². The summed E-state index contributed by atoms with van der Waals surface area (Å²) in [6, 6.07) is 0. The van der Waals surface area contributed by atoms with E-state index in [1.807, 2.05) is 0 Å². The van der Waals surface area contributed by atoms with Crippen molar-refractivity contribution in [1.82, 2.24) is 0 Å². The van der Waals surface area contributed by atoms with Crippen molar-refractivity contribution >= 4 is 17.9 Å². The highest BCUT2D eigenvalue weighted by Gasteiger charge is 2.19. The summed E-state index contributed by atoms with van der Waals surface area (Å²) in [5, 5.41) is 0. The van der Waals surface area contributed by atoms with Crippen LogP contribution in [0.2, 0.25) is 0 Å². The van der Waals surface area contributed by atoms with E-state index in [1.54, 1.807) is 0 Å². The van der Waals surface area contributed by atoms with Gasteiger partial charge in [-0.3, -0.25) is 14.4 Å². The third-order valence-electron chi connectivity index (χ3n) is 14.6. The first-order valence-corrected chi connectivity index (χ1v) is 33.6. The van der Waals surface area contributed by atoms with E-state index in [0.29, 0.717) is 19.3 Å². The summed E-state index contributed by atoms with van der Waals surface area (Å²) in [6.07, 6.45) is 87.4. The van der Waals surface area contributed by atoms with Crippen LogP contribution < -0.4 is 0 Å². The molecule has 0 aromatic heterocycles. The van der Waals surface area contributed by atoms with Crippen molar-refractivity contribution < 1.29 is 28.6 Å². The molecule has 78 heavy (non-hydrogen) atoms. The number of rotatable bonds is 61. The molecule has 0 rings (SSSR count). The lowest BCUT2D eigenvalue weighted by atomic mass is 10.0. The van der Waals surface area contributed by atoms with Gasteiger partial charge in [0.15, 0.2) is 6.10 Å². The maximum Gasteiger partial charge on any atom is 0.306 e. The van der Waals surface area contributed by atoms with Crippen molar-refractivity contribution in [3.05, 3.63) is 85.1 Å². The summed E-state index contributed by atoms with van der Waals surface area (Å²) < 4.78 is 16.9. The van der Waals surface area contributed by atoms with Gasteiger partial charge >= 0.3 is 17.9 Å². The third-order valence-corrected chi connectivity index (χ3v) is 14.6. The fourth-order valence-electron chi connectivity index (χ4n) is 9.62. The van der Waals surface area contributed by atoms with E-state index >= 15 is 0 Å². The molecule has 0 saturated carbocycles. The standard InChI is InChI=1S/C72H126O6/c1-4-7-10-13-16-19-22-25-28-31-33-35-37-38-41-44-47-50-53-56-59-62-65-71(74)77-68-69(67-76-70(73)64-61-58-55-52-49-46-43-40-30-27-24-21-18-15-12-9-6-3)78-72(75)66-63-60-57-54-51-48-45-42-39-36-34-32-29-26-23-20-17-14-11-8-5-2/h9,12,18,21,23,26-27,30,32,34,39,42-43,46,69H,4-8,10-11,13-17,19-20,22,24-25,28-29,31,33,35-38,40-41,44-45,47-68H2,1-3H3/b12-9-,21-18-,26-23-,30-27-,34-32-,42-39-,46-43-. The smallest absolute Gasteiger partial charge is 0.306 e. The molecule has 0 saturated heterocycles. The molecule has 0 N–H and O–H groups in total. The zero-order valence-electron chi connectivity index (χ0n) is 51.7. The van der Waals surface area contributed by atoms with Crippen molar-refractivity contribution in [1.29, 1.82) is 0 Å². The van der Waals surface area contributed by atoms with Gasteiger partial charge in [-0.25, -0.2) is 0 Å². The Bertz CT molecular complexity index is 1480. The first-order valence-electron chi connectivity index (χ1n) is 33.6. The Morgan fingerprint density at radius 2 is 0.500 bits per heavy atom. The summed E-state index contributed by atoms with van der Waals surface area (Å²) in [4.78, 5) is 38.4. The van der Waals surface area contributed by atoms with Gasteiger partial charge in [-0.2, -0.15) is 0 Å². The number of allylic oxidation sites excluding steroid dienone is 14. The zero-order valence-corrected chi connectivity index (χ0v) is 51.7. The SMILES string of the molecule is CC/C=C\C/C=C\C/C=C\C/C=C\CCCCCCC(=O)OCC(COC(=O)CCCCCCCCCCCCCCCCCCCCCCCC)OC(=O)CCCCCCCC/C=C\C/C=C\C/C=C\CCCCCCC. The lowest BCUT2D eigenvalue weighted by molar-refractivity contribution is -0.167. The fourth-order valence-corrected chi connectivity index (χ4v) is 9.62. The van der Waals surface area contributed by atoms with Crippen LogP contribution in [0.1, 0.15) is 335 Å². The van der Waals surface area contributed by atoms with Gasteiger partial charge in [-0.05, 0) is 96.3 Å². The van der Waals surface area contributed by atoms with Crippen molar-refractivity contribution in [3.63, 3.8) is 0 Å². The number of ether oxygens (including phenoxy) is 3. The van der Waals surface area contributed by atoms with Gasteiger partial charge in [0.2, 0.25) is 0 Å². The zero-order chi connectivity index (χ0) is 56.4. The first kappa shape index (κ1) is 74.6. The van der Waals surface area contributed by atoms with Gasteiger partial charge in [0.1, 0.15) is 13.2 Å². The summed E-state index contributed by atoms with van der Waals surface area (Å²) in [7, 11) is 0. The van der Waals surface area contributed by atoms with Gasteiger partial charge in [0.05, 0.1) is 0 Å². The molecule has 0 aliphatic heterocycles. The van der Waals surface area contributed by atoms with E-state index in [4.69, 9.17) is 14.2 Å². The molecule has 0 aromatic carbocycles. The van der Waals surface area contributed by atoms with E-state index in [-0.39, 0.29) is 31.1 Å². The second-order valence-corrected chi connectivity index (χ2v) is 22.4. The number of esters is 3. The maximum absolute atomic E-state index is 12.9. The third kappa shape index (κ3) is 63.4. The van der Waals surface area contributed by atoms with Crippen LogP contribution in [0.25, 0.3) is 0 Å². The van der Waals surface area contributed by atoms with Crippen molar-refractivity contribution in [2.75, 3.05) is 13.2 Å². The van der Waals surface area contributed by atoms with Crippen LogP contribution in [-0.4, -0.2) is 37.2 Å². The summed E-state index contributed by atoms with van der Waals surface area (Å²) in [5.74, 6) is -0.909. The molecule has 1 atom stereocenters. The molecule has 1 unspecified atom stereocenters. The van der Waals surface area contributed by atoms with E-state index in [9.17, 15) is 14.4 Å². The van der Waals surface area contributed by atoms with E-state index < -0.39 is 6.10 Å². The molecule has 0 amide bonds. The molecular formula is C72H126O6. The van der Waals surface area contributed by atoms with Gasteiger partial charge < -0.3 is 14.2 Å². The minimum absolute atomic E-state index is 0.0875. The highest BCUT2D eigenvalue weighted by molar-refractivity contribution is 5.71. The Morgan fingerprint density at radius 3 is 0.782 bits per heavy atom. The monoisotopic (exact) mass is 1090 g/mol. The summed E-state index contributed by atoms with van der Waals surface area (Å²) in [6.45, 7) is 6.53. The second kappa shape index (κ2) is 66.1. The molecule has 0 fully saturated rings. The molecule has 6 nitrogen and oxygen atoms in total. The minimum atomic E-state index is -0.795. The van der Waals surface area contributed by atoms with E-state index in [0.717, 1.165) is 122 Å². The number of hydrogen-bond donors (Lipinski definition) is 0. The van der Waals surface area contributed by atoms with E-state index in [1.165, 1.54) is 173 Å². The average molecular weight is 1090 g/mol. The molecule has 0 radical (unpaired) electrons. The predicted molar refractivity (Wildman–Crippen MR) is 339 cm³/mol. The Morgan fingerprint density at radius 1 is 0.269 bits per heavy atom. The van der Waals surface area contributed by atoms with Crippen LogP contribution in [0.5, 0.6) is 0 Å². The van der Waals surface area contributed by atoms with Crippen LogP contribution in [0.15, 0.2) is 85.1 Å². The van der Waals surface area contributed by atoms with Crippen LogP contribution >= 0.6 is 0 Å². The Kier molecular flexibility index (Phi) is 63.2. The maximum atomic E-state index is 12.9. The number of carbonyl (C=O) groups excluding carboxylic acids is 3. The molecular weight excluding hydrogens is 961 g/mol.